The fourth-order valence-corrected chi connectivity index (χ4v) is 2.45. The fraction of sp³-hybridized carbons (Fsp3) is 0.105. The van der Waals surface area contributed by atoms with Crippen LogP contribution >= 0.6 is 15.9 Å². The fourth-order valence-electron chi connectivity index (χ4n) is 2.19. The first-order valence-electron chi connectivity index (χ1n) is 8.24. The third-order valence-electron chi connectivity index (χ3n) is 3.71. The smallest absolute Gasteiger partial charge is 0.325 e. The van der Waals surface area contributed by atoms with Gasteiger partial charge in [0, 0.05) is 22.2 Å². The summed E-state index contributed by atoms with van der Waals surface area (Å²) in [6, 6.07) is 10.6. The second kappa shape index (κ2) is 9.60. The summed E-state index contributed by atoms with van der Waals surface area (Å²) in [4.78, 5) is 46.4. The Bertz CT molecular complexity index is 988. The summed E-state index contributed by atoms with van der Waals surface area (Å²) in [5.74, 6) is -2.71. The SMILES string of the molecule is C[C@H](NC(=O)/C(=C\c1cccc([N+](=O)[O-])c1)NC(=O)c1ccc(Br)cc1)C(=O)O. The predicted octanol–water partition coefficient (Wildman–Crippen LogP) is 2.72. The van der Waals surface area contributed by atoms with Gasteiger partial charge in [0.2, 0.25) is 0 Å². The predicted molar refractivity (Wildman–Crippen MR) is 108 cm³/mol. The van der Waals surface area contributed by atoms with Gasteiger partial charge in [0.05, 0.1) is 4.92 Å². The van der Waals surface area contributed by atoms with Gasteiger partial charge in [0.15, 0.2) is 0 Å². The molecule has 0 aliphatic heterocycles. The van der Waals surface area contributed by atoms with Gasteiger partial charge in [-0.2, -0.15) is 0 Å². The molecule has 0 aliphatic carbocycles. The van der Waals surface area contributed by atoms with Crippen LogP contribution < -0.4 is 10.6 Å². The second-order valence-electron chi connectivity index (χ2n) is 5.90. The molecule has 29 heavy (non-hydrogen) atoms. The number of nitrogens with one attached hydrogen (secondary N) is 2. The zero-order valence-corrected chi connectivity index (χ0v) is 16.7. The number of amides is 2. The first-order chi connectivity index (χ1) is 13.7. The lowest BCUT2D eigenvalue weighted by Gasteiger charge is -2.13. The average Bonchev–Trinajstić information content (AvgIpc) is 2.67. The van der Waals surface area contributed by atoms with Crippen LogP contribution in [0.15, 0.2) is 58.7 Å². The van der Waals surface area contributed by atoms with E-state index in [4.69, 9.17) is 5.11 Å². The molecule has 2 rings (SSSR count). The monoisotopic (exact) mass is 461 g/mol. The van der Waals surface area contributed by atoms with E-state index < -0.39 is 28.7 Å². The number of hydrogen-bond acceptors (Lipinski definition) is 5. The molecule has 10 heteroatoms. The number of benzene rings is 2. The minimum atomic E-state index is -1.26. The number of hydrogen-bond donors (Lipinski definition) is 3. The van der Waals surface area contributed by atoms with Gasteiger partial charge < -0.3 is 15.7 Å². The molecule has 2 aromatic carbocycles. The van der Waals surface area contributed by atoms with E-state index in [1.807, 2.05) is 0 Å². The van der Waals surface area contributed by atoms with E-state index in [1.54, 1.807) is 12.1 Å². The van der Waals surface area contributed by atoms with Crippen molar-refractivity contribution >= 4 is 45.5 Å². The molecule has 150 valence electrons. The highest BCUT2D eigenvalue weighted by atomic mass is 79.9. The Balaban J connectivity index is 2.36. The molecule has 0 aliphatic rings. The van der Waals surface area contributed by atoms with Crippen molar-refractivity contribution < 1.29 is 24.4 Å². The Morgan fingerprint density at radius 2 is 1.83 bits per heavy atom. The summed E-state index contributed by atoms with van der Waals surface area (Å²) in [5.41, 5.74) is 0.0869. The van der Waals surface area contributed by atoms with Gasteiger partial charge in [0.1, 0.15) is 11.7 Å². The van der Waals surface area contributed by atoms with E-state index >= 15 is 0 Å². The molecule has 0 heterocycles. The summed E-state index contributed by atoms with van der Waals surface area (Å²) < 4.78 is 0.759. The van der Waals surface area contributed by atoms with E-state index in [0.717, 1.165) is 4.47 Å². The number of aliphatic carboxylic acids is 1. The first-order valence-corrected chi connectivity index (χ1v) is 9.03. The molecule has 0 bridgehead atoms. The van der Waals surface area contributed by atoms with Crippen molar-refractivity contribution in [1.82, 2.24) is 10.6 Å². The molecular formula is C19H16BrN3O6. The van der Waals surface area contributed by atoms with Gasteiger partial charge in [-0.3, -0.25) is 24.5 Å². The van der Waals surface area contributed by atoms with E-state index in [-0.39, 0.29) is 22.5 Å². The number of carboxylic acids is 1. The molecule has 1 atom stereocenters. The minimum absolute atomic E-state index is 0.198. The quantitative estimate of drug-likeness (QED) is 0.329. The molecule has 0 radical (unpaired) electrons. The summed E-state index contributed by atoms with van der Waals surface area (Å²) in [7, 11) is 0. The van der Waals surface area contributed by atoms with Crippen molar-refractivity contribution in [1.29, 1.82) is 0 Å². The summed E-state index contributed by atoms with van der Waals surface area (Å²) in [6.45, 7) is 1.27. The highest BCUT2D eigenvalue weighted by molar-refractivity contribution is 9.10. The Morgan fingerprint density at radius 3 is 2.41 bits per heavy atom. The molecule has 2 aromatic rings. The van der Waals surface area contributed by atoms with Crippen LogP contribution in [0.25, 0.3) is 6.08 Å². The van der Waals surface area contributed by atoms with Crippen LogP contribution in [0.3, 0.4) is 0 Å². The maximum absolute atomic E-state index is 12.5. The highest BCUT2D eigenvalue weighted by Crippen LogP contribution is 2.16. The Hall–Kier alpha value is -3.53. The lowest BCUT2D eigenvalue weighted by atomic mass is 10.1. The van der Waals surface area contributed by atoms with Crippen molar-refractivity contribution in [3.05, 3.63) is 79.9 Å². The summed E-state index contributed by atoms with van der Waals surface area (Å²) in [6.07, 6.45) is 1.23. The number of nitro groups is 1. The normalized spacial score (nSPS) is 12.0. The molecule has 2 amide bonds. The van der Waals surface area contributed by atoms with Gasteiger partial charge >= 0.3 is 5.97 Å². The van der Waals surface area contributed by atoms with Crippen LogP contribution in [-0.4, -0.2) is 33.9 Å². The molecule has 0 aromatic heterocycles. The van der Waals surface area contributed by atoms with Crippen LogP contribution in [0.5, 0.6) is 0 Å². The largest absolute Gasteiger partial charge is 0.480 e. The minimum Gasteiger partial charge on any atom is -0.480 e. The third-order valence-corrected chi connectivity index (χ3v) is 4.24. The molecule has 9 nitrogen and oxygen atoms in total. The van der Waals surface area contributed by atoms with Crippen molar-refractivity contribution in [2.45, 2.75) is 13.0 Å². The number of halogens is 1. The number of carbonyl (C=O) groups excluding carboxylic acids is 2. The van der Waals surface area contributed by atoms with Crippen LogP contribution in [-0.2, 0) is 9.59 Å². The topological polar surface area (TPSA) is 139 Å². The molecule has 0 spiro atoms. The number of nitrogens with zero attached hydrogens (tertiary/aromatic N) is 1. The van der Waals surface area contributed by atoms with E-state index in [1.165, 1.54) is 49.4 Å². The Morgan fingerprint density at radius 1 is 1.17 bits per heavy atom. The number of carbonyl (C=O) groups is 3. The molecular weight excluding hydrogens is 446 g/mol. The van der Waals surface area contributed by atoms with Gasteiger partial charge in [0.25, 0.3) is 17.5 Å². The number of non-ortho nitro benzene ring substituents is 1. The van der Waals surface area contributed by atoms with Crippen molar-refractivity contribution in [3.63, 3.8) is 0 Å². The van der Waals surface area contributed by atoms with Crippen molar-refractivity contribution in [3.8, 4) is 0 Å². The average molecular weight is 462 g/mol. The third kappa shape index (κ3) is 6.25. The lowest BCUT2D eigenvalue weighted by molar-refractivity contribution is -0.384. The van der Waals surface area contributed by atoms with Gasteiger partial charge in [-0.25, -0.2) is 0 Å². The molecule has 3 N–H and O–H groups in total. The van der Waals surface area contributed by atoms with Crippen LogP contribution in [0.4, 0.5) is 5.69 Å². The van der Waals surface area contributed by atoms with Crippen LogP contribution in [0.1, 0.15) is 22.8 Å². The van der Waals surface area contributed by atoms with Crippen molar-refractivity contribution in [2.24, 2.45) is 0 Å². The van der Waals surface area contributed by atoms with Crippen LogP contribution in [0.2, 0.25) is 0 Å². The van der Waals surface area contributed by atoms with E-state index in [9.17, 15) is 24.5 Å². The summed E-state index contributed by atoms with van der Waals surface area (Å²) >= 11 is 3.25. The van der Waals surface area contributed by atoms with Crippen LogP contribution in [0, 0.1) is 10.1 Å². The van der Waals surface area contributed by atoms with Gasteiger partial charge in [-0.15, -0.1) is 0 Å². The van der Waals surface area contributed by atoms with E-state index in [0.29, 0.717) is 0 Å². The summed E-state index contributed by atoms with van der Waals surface area (Å²) in [5, 5.41) is 24.6. The molecule has 0 saturated heterocycles. The number of carboxylic acid groups (broad SMARTS) is 1. The lowest BCUT2D eigenvalue weighted by Crippen LogP contribution is -2.42. The van der Waals surface area contributed by atoms with Gasteiger partial charge in [-0.1, -0.05) is 28.1 Å². The Labute approximate surface area is 173 Å². The number of rotatable bonds is 7. The molecule has 0 fully saturated rings. The maximum Gasteiger partial charge on any atom is 0.325 e. The van der Waals surface area contributed by atoms with Gasteiger partial charge in [-0.05, 0) is 42.8 Å². The van der Waals surface area contributed by atoms with Crippen molar-refractivity contribution in [2.75, 3.05) is 0 Å². The standard InChI is InChI=1S/C19H16BrN3O6/c1-11(19(26)27)21-18(25)16(10-12-3-2-4-15(9-12)23(28)29)22-17(24)13-5-7-14(20)8-6-13/h2-11H,1H3,(H,21,25)(H,22,24)(H,26,27)/b16-10+/t11-/m0/s1. The van der Waals surface area contributed by atoms with E-state index in [2.05, 4.69) is 26.6 Å². The zero-order valence-electron chi connectivity index (χ0n) is 15.1. The number of nitro benzene ring substituents is 1. The second-order valence-corrected chi connectivity index (χ2v) is 6.82. The maximum atomic E-state index is 12.5. The first kappa shape index (κ1) is 21.8. The molecule has 0 saturated carbocycles. The molecule has 0 unspecified atom stereocenters. The Kier molecular flexibility index (Phi) is 7.21. The highest BCUT2D eigenvalue weighted by Gasteiger charge is 2.20. The zero-order chi connectivity index (χ0) is 21.6.